The monoisotopic (exact) mass is 360 g/mol. The van der Waals surface area contributed by atoms with E-state index in [0.29, 0.717) is 17.9 Å². The molecule has 0 spiro atoms. The number of hydrogen-bond acceptors (Lipinski definition) is 5. The molecule has 0 radical (unpaired) electrons. The number of nitrogens with zero attached hydrogens (tertiary/aromatic N) is 1. The van der Waals surface area contributed by atoms with Crippen molar-refractivity contribution in [2.75, 3.05) is 32.6 Å². The molecule has 1 aliphatic carbocycles. The molecule has 0 bridgehead atoms. The molecule has 7 heteroatoms. The average molecular weight is 360 g/mol. The van der Waals surface area contributed by atoms with Gasteiger partial charge < -0.3 is 19.7 Å². The first-order valence-corrected chi connectivity index (χ1v) is 8.49. The lowest BCUT2D eigenvalue weighted by Gasteiger charge is -2.19. The lowest BCUT2D eigenvalue weighted by atomic mass is 9.95. The van der Waals surface area contributed by atoms with Crippen LogP contribution in [0.5, 0.6) is 5.75 Å². The molecule has 1 aromatic carbocycles. The van der Waals surface area contributed by atoms with Gasteiger partial charge in [-0.25, -0.2) is 0 Å². The minimum absolute atomic E-state index is 0.139. The highest BCUT2D eigenvalue weighted by atomic mass is 16.5. The molecule has 0 saturated carbocycles. The van der Waals surface area contributed by atoms with Gasteiger partial charge in [-0.3, -0.25) is 14.4 Å². The predicted molar refractivity (Wildman–Crippen MR) is 96.7 cm³/mol. The maximum absolute atomic E-state index is 12.1. The first-order chi connectivity index (χ1) is 12.5. The van der Waals surface area contributed by atoms with Crippen molar-refractivity contribution in [3.63, 3.8) is 0 Å². The molecule has 0 saturated heterocycles. The Morgan fingerprint density at radius 3 is 2.77 bits per heavy atom. The summed E-state index contributed by atoms with van der Waals surface area (Å²) in [6.45, 7) is -0.498. The Kier molecular flexibility index (Phi) is 7.20. The van der Waals surface area contributed by atoms with Gasteiger partial charge in [-0.15, -0.1) is 0 Å². The number of nitrogens with one attached hydrogen (secondary N) is 1. The van der Waals surface area contributed by atoms with Gasteiger partial charge in [-0.05, 0) is 31.4 Å². The van der Waals surface area contributed by atoms with Crippen LogP contribution in [-0.2, 0) is 19.1 Å². The van der Waals surface area contributed by atoms with Crippen LogP contribution in [0.4, 0.5) is 5.69 Å². The van der Waals surface area contributed by atoms with Gasteiger partial charge in [0.05, 0.1) is 19.6 Å². The maximum atomic E-state index is 12.1. The van der Waals surface area contributed by atoms with E-state index in [4.69, 9.17) is 9.47 Å². The van der Waals surface area contributed by atoms with Gasteiger partial charge in [0, 0.05) is 18.8 Å². The minimum atomic E-state index is -0.425. The second-order valence-electron chi connectivity index (χ2n) is 6.12. The molecule has 0 fully saturated rings. The highest BCUT2D eigenvalue weighted by molar-refractivity contribution is 5.95. The fraction of sp³-hybridized carbons (Fsp3) is 0.421. The Hall–Kier alpha value is -2.83. The van der Waals surface area contributed by atoms with Crippen LogP contribution in [0.2, 0.25) is 0 Å². The van der Waals surface area contributed by atoms with Crippen LogP contribution < -0.4 is 10.1 Å². The van der Waals surface area contributed by atoms with Gasteiger partial charge >= 0.3 is 5.97 Å². The van der Waals surface area contributed by atoms with Crippen LogP contribution in [0, 0.1) is 5.92 Å². The van der Waals surface area contributed by atoms with Crippen molar-refractivity contribution in [2.24, 2.45) is 5.92 Å². The van der Waals surface area contributed by atoms with Crippen molar-refractivity contribution in [3.8, 4) is 5.75 Å². The molecule has 1 aliphatic rings. The number of likely N-dealkylation sites (N-methyl/N-ethyl adjacent to an activating group) is 1. The highest BCUT2D eigenvalue weighted by Crippen LogP contribution is 2.19. The summed E-state index contributed by atoms with van der Waals surface area (Å²) in [5.74, 6) is -0.702. The second kappa shape index (κ2) is 9.60. The van der Waals surface area contributed by atoms with E-state index in [1.54, 1.807) is 24.3 Å². The molecule has 2 rings (SSSR count). The van der Waals surface area contributed by atoms with Crippen LogP contribution >= 0.6 is 0 Å². The number of anilines is 1. The lowest BCUT2D eigenvalue weighted by molar-refractivity contribution is -0.155. The third-order valence-corrected chi connectivity index (χ3v) is 4.10. The van der Waals surface area contributed by atoms with Crippen molar-refractivity contribution >= 4 is 23.5 Å². The van der Waals surface area contributed by atoms with Gasteiger partial charge in [0.25, 0.3) is 5.91 Å². The number of benzene rings is 1. The van der Waals surface area contributed by atoms with Crippen LogP contribution in [0.25, 0.3) is 0 Å². The molecule has 7 nitrogen and oxygen atoms in total. The molecule has 0 heterocycles. The molecule has 2 amide bonds. The summed E-state index contributed by atoms with van der Waals surface area (Å²) in [6, 6.07) is 6.92. The Morgan fingerprint density at radius 1 is 1.27 bits per heavy atom. The van der Waals surface area contributed by atoms with E-state index in [1.807, 2.05) is 12.2 Å². The van der Waals surface area contributed by atoms with E-state index in [-0.39, 0.29) is 30.9 Å². The number of ether oxygens (including phenoxy) is 2. The average Bonchev–Trinajstić information content (AvgIpc) is 2.66. The molecule has 1 aromatic rings. The third kappa shape index (κ3) is 5.91. The number of allylic oxidation sites excluding steroid dienone is 2. The summed E-state index contributed by atoms with van der Waals surface area (Å²) in [6.07, 6.45) is 6.21. The van der Waals surface area contributed by atoms with Crippen LogP contribution in [-0.4, -0.2) is 50.0 Å². The van der Waals surface area contributed by atoms with E-state index in [1.165, 1.54) is 19.1 Å². The van der Waals surface area contributed by atoms with Crippen LogP contribution in [0.3, 0.4) is 0 Å². The Balaban J connectivity index is 1.75. The smallest absolute Gasteiger partial charge is 0.309 e. The standard InChI is InChI=1S/C19H24N2O5/c1-21(12-17(22)20-15-9-6-10-16(11-15)25-2)18(23)13-26-19(24)14-7-4-3-5-8-14/h3-4,6,9-11,14H,5,7-8,12-13H2,1-2H3,(H,20,22)/t14-/m1/s1. The van der Waals surface area contributed by atoms with Crippen molar-refractivity contribution in [1.29, 1.82) is 0 Å². The maximum Gasteiger partial charge on any atom is 0.309 e. The summed E-state index contributed by atoms with van der Waals surface area (Å²) in [5.41, 5.74) is 0.576. The highest BCUT2D eigenvalue weighted by Gasteiger charge is 2.22. The Labute approximate surface area is 153 Å². The summed E-state index contributed by atoms with van der Waals surface area (Å²) in [7, 11) is 3.03. The van der Waals surface area contributed by atoms with E-state index in [0.717, 1.165) is 12.8 Å². The Bertz CT molecular complexity index is 686. The van der Waals surface area contributed by atoms with Crippen LogP contribution in [0.15, 0.2) is 36.4 Å². The zero-order valence-electron chi connectivity index (χ0n) is 15.1. The molecule has 1 N–H and O–H groups in total. The quantitative estimate of drug-likeness (QED) is 0.594. The first-order valence-electron chi connectivity index (χ1n) is 8.49. The number of carbonyl (C=O) groups excluding carboxylic acids is 3. The molecule has 26 heavy (non-hydrogen) atoms. The van der Waals surface area contributed by atoms with E-state index in [9.17, 15) is 14.4 Å². The molecule has 0 aromatic heterocycles. The summed E-state index contributed by atoms with van der Waals surface area (Å²) >= 11 is 0. The SMILES string of the molecule is COc1cccc(NC(=O)CN(C)C(=O)COC(=O)[C@@H]2CC=CCC2)c1. The topological polar surface area (TPSA) is 84.9 Å². The molecule has 140 valence electrons. The van der Waals surface area contributed by atoms with Crippen molar-refractivity contribution in [2.45, 2.75) is 19.3 Å². The number of esters is 1. The van der Waals surface area contributed by atoms with Crippen molar-refractivity contribution in [1.82, 2.24) is 4.90 Å². The van der Waals surface area contributed by atoms with Gasteiger partial charge in [-0.1, -0.05) is 18.2 Å². The molecule has 1 atom stereocenters. The largest absolute Gasteiger partial charge is 0.497 e. The molecule has 0 unspecified atom stereocenters. The van der Waals surface area contributed by atoms with Crippen molar-refractivity contribution in [3.05, 3.63) is 36.4 Å². The zero-order chi connectivity index (χ0) is 18.9. The fourth-order valence-electron chi connectivity index (χ4n) is 2.57. The van der Waals surface area contributed by atoms with Crippen LogP contribution in [0.1, 0.15) is 19.3 Å². The Morgan fingerprint density at radius 2 is 2.08 bits per heavy atom. The van der Waals surface area contributed by atoms with E-state index in [2.05, 4.69) is 5.32 Å². The van der Waals surface area contributed by atoms with Gasteiger partial charge in [-0.2, -0.15) is 0 Å². The van der Waals surface area contributed by atoms with Crippen molar-refractivity contribution < 1.29 is 23.9 Å². The second-order valence-corrected chi connectivity index (χ2v) is 6.12. The number of amides is 2. The molecular formula is C19H24N2O5. The number of hydrogen-bond donors (Lipinski definition) is 1. The lowest BCUT2D eigenvalue weighted by Crippen LogP contribution is -2.38. The molecular weight excluding hydrogens is 336 g/mol. The van der Waals surface area contributed by atoms with E-state index >= 15 is 0 Å². The normalized spacial score (nSPS) is 15.8. The van der Waals surface area contributed by atoms with Gasteiger partial charge in [0.1, 0.15) is 5.75 Å². The number of rotatable bonds is 7. The summed E-state index contributed by atoms with van der Waals surface area (Å²) in [4.78, 5) is 37.3. The first kappa shape index (κ1) is 19.5. The third-order valence-electron chi connectivity index (χ3n) is 4.10. The van der Waals surface area contributed by atoms with Gasteiger partial charge in [0.15, 0.2) is 6.61 Å². The van der Waals surface area contributed by atoms with E-state index < -0.39 is 5.91 Å². The minimum Gasteiger partial charge on any atom is -0.497 e. The summed E-state index contributed by atoms with van der Waals surface area (Å²) in [5, 5.41) is 2.69. The molecule has 0 aliphatic heterocycles. The predicted octanol–water partition coefficient (Wildman–Crippen LogP) is 1.99. The fourth-order valence-corrected chi connectivity index (χ4v) is 2.57. The summed E-state index contributed by atoms with van der Waals surface area (Å²) < 4.78 is 10.2. The number of carbonyl (C=O) groups is 3. The number of methoxy groups -OCH3 is 1. The van der Waals surface area contributed by atoms with Gasteiger partial charge in [0.2, 0.25) is 5.91 Å². The zero-order valence-corrected chi connectivity index (χ0v) is 15.1.